The third-order valence-electron chi connectivity index (χ3n) is 5.20. The fourth-order valence-electron chi connectivity index (χ4n) is 3.83. The molecule has 0 bridgehead atoms. The summed E-state index contributed by atoms with van der Waals surface area (Å²) in [6.45, 7) is 4.80. The van der Waals surface area contributed by atoms with Gasteiger partial charge in [0.2, 0.25) is 0 Å². The SMILES string of the molecule is CCC1CCC([C@H]2CC[C@H](C)CC2)CC1. The molecule has 2 rings (SSSR count). The van der Waals surface area contributed by atoms with Crippen LogP contribution in [0.3, 0.4) is 0 Å². The second kappa shape index (κ2) is 5.37. The summed E-state index contributed by atoms with van der Waals surface area (Å²) in [5.74, 6) is 4.32. The summed E-state index contributed by atoms with van der Waals surface area (Å²) in [6.07, 6.45) is 13.7. The minimum Gasteiger partial charge on any atom is -0.0651 e. The molecule has 0 nitrogen and oxygen atoms in total. The van der Waals surface area contributed by atoms with Crippen molar-refractivity contribution >= 4 is 0 Å². The van der Waals surface area contributed by atoms with E-state index in [-0.39, 0.29) is 0 Å². The average Bonchev–Trinajstić information content (AvgIpc) is 2.30. The molecular formula is C15H28. The Balaban J connectivity index is 1.75. The van der Waals surface area contributed by atoms with Crippen molar-refractivity contribution in [1.29, 1.82) is 0 Å². The first-order valence-corrected chi connectivity index (χ1v) is 7.29. The largest absolute Gasteiger partial charge is 0.0651 e. The number of hydrogen-bond acceptors (Lipinski definition) is 0. The first kappa shape index (κ1) is 11.5. The van der Waals surface area contributed by atoms with Crippen LogP contribution in [0.25, 0.3) is 0 Å². The first-order chi connectivity index (χ1) is 7.29. The van der Waals surface area contributed by atoms with Crippen molar-refractivity contribution in [3.05, 3.63) is 0 Å². The van der Waals surface area contributed by atoms with E-state index >= 15 is 0 Å². The Morgan fingerprint density at radius 1 is 0.733 bits per heavy atom. The van der Waals surface area contributed by atoms with E-state index in [1.807, 2.05) is 0 Å². The average molecular weight is 208 g/mol. The molecular weight excluding hydrogens is 180 g/mol. The highest BCUT2D eigenvalue weighted by Gasteiger charge is 2.29. The normalized spacial score (nSPS) is 42.8. The second-order valence-electron chi connectivity index (χ2n) is 6.21. The van der Waals surface area contributed by atoms with Gasteiger partial charge in [0.15, 0.2) is 0 Å². The van der Waals surface area contributed by atoms with E-state index in [4.69, 9.17) is 0 Å². The lowest BCUT2D eigenvalue weighted by Gasteiger charge is -2.37. The summed E-state index contributed by atoms with van der Waals surface area (Å²) in [4.78, 5) is 0. The van der Waals surface area contributed by atoms with Crippen molar-refractivity contribution in [3.8, 4) is 0 Å². The van der Waals surface area contributed by atoms with E-state index in [1.165, 1.54) is 32.1 Å². The van der Waals surface area contributed by atoms with E-state index in [2.05, 4.69) is 13.8 Å². The Morgan fingerprint density at radius 3 is 1.67 bits per heavy atom. The van der Waals surface area contributed by atoms with Crippen LogP contribution in [0.4, 0.5) is 0 Å². The van der Waals surface area contributed by atoms with Crippen LogP contribution in [0.15, 0.2) is 0 Å². The van der Waals surface area contributed by atoms with E-state index < -0.39 is 0 Å². The molecule has 15 heavy (non-hydrogen) atoms. The van der Waals surface area contributed by atoms with Crippen molar-refractivity contribution in [3.63, 3.8) is 0 Å². The maximum atomic E-state index is 2.43. The maximum Gasteiger partial charge on any atom is -0.0386 e. The Labute approximate surface area is 95.8 Å². The number of hydrogen-bond donors (Lipinski definition) is 0. The predicted molar refractivity (Wildman–Crippen MR) is 66.9 cm³/mol. The second-order valence-corrected chi connectivity index (χ2v) is 6.21. The molecule has 2 fully saturated rings. The lowest BCUT2D eigenvalue weighted by atomic mass is 9.69. The van der Waals surface area contributed by atoms with Crippen LogP contribution in [0.5, 0.6) is 0 Å². The standard InChI is InChI=1S/C15H28/c1-3-13-6-10-15(11-7-13)14-8-4-12(2)5-9-14/h12-15H,3-11H2,1-2H3/t12-,13?,14-,15?. The Morgan fingerprint density at radius 2 is 1.20 bits per heavy atom. The summed E-state index contributed by atoms with van der Waals surface area (Å²) in [5, 5.41) is 0. The van der Waals surface area contributed by atoms with Gasteiger partial charge < -0.3 is 0 Å². The molecule has 0 N–H and O–H groups in total. The van der Waals surface area contributed by atoms with E-state index in [9.17, 15) is 0 Å². The van der Waals surface area contributed by atoms with Gasteiger partial charge in [-0.2, -0.15) is 0 Å². The highest BCUT2D eigenvalue weighted by molar-refractivity contribution is 4.80. The van der Waals surface area contributed by atoms with Crippen LogP contribution in [0, 0.1) is 23.7 Å². The highest BCUT2D eigenvalue weighted by Crippen LogP contribution is 2.41. The third-order valence-corrected chi connectivity index (χ3v) is 5.20. The van der Waals surface area contributed by atoms with Crippen LogP contribution < -0.4 is 0 Å². The quantitative estimate of drug-likeness (QED) is 0.597. The van der Waals surface area contributed by atoms with Gasteiger partial charge in [0.1, 0.15) is 0 Å². The summed E-state index contributed by atoms with van der Waals surface area (Å²) in [7, 11) is 0. The molecule has 0 aromatic heterocycles. The van der Waals surface area contributed by atoms with Crippen LogP contribution in [0.2, 0.25) is 0 Å². The van der Waals surface area contributed by atoms with Gasteiger partial charge in [-0.15, -0.1) is 0 Å². The monoisotopic (exact) mass is 208 g/mol. The summed E-state index contributed by atoms with van der Waals surface area (Å²) in [5.41, 5.74) is 0. The van der Waals surface area contributed by atoms with E-state index in [0.29, 0.717) is 0 Å². The molecule has 0 radical (unpaired) electrons. The van der Waals surface area contributed by atoms with Gasteiger partial charge in [0.25, 0.3) is 0 Å². The smallest absolute Gasteiger partial charge is 0.0386 e. The van der Waals surface area contributed by atoms with Gasteiger partial charge in [-0.05, 0) is 49.4 Å². The van der Waals surface area contributed by atoms with Gasteiger partial charge in [0, 0.05) is 0 Å². The van der Waals surface area contributed by atoms with Crippen LogP contribution >= 0.6 is 0 Å². The molecule has 2 aliphatic rings. The van der Waals surface area contributed by atoms with E-state index in [1.54, 1.807) is 25.7 Å². The molecule has 0 aromatic rings. The molecule has 0 aromatic carbocycles. The molecule has 0 saturated heterocycles. The van der Waals surface area contributed by atoms with Crippen molar-refractivity contribution < 1.29 is 0 Å². The molecule has 2 saturated carbocycles. The lowest BCUT2D eigenvalue weighted by molar-refractivity contribution is 0.149. The van der Waals surface area contributed by atoms with Crippen LogP contribution in [-0.2, 0) is 0 Å². The Hall–Kier alpha value is 0. The highest BCUT2D eigenvalue weighted by atomic mass is 14.3. The van der Waals surface area contributed by atoms with Gasteiger partial charge in [-0.25, -0.2) is 0 Å². The molecule has 0 heteroatoms. The van der Waals surface area contributed by atoms with Crippen molar-refractivity contribution in [1.82, 2.24) is 0 Å². The Bertz CT molecular complexity index is 168. The zero-order valence-corrected chi connectivity index (χ0v) is 10.7. The van der Waals surface area contributed by atoms with Crippen LogP contribution in [0.1, 0.15) is 71.6 Å². The fourth-order valence-corrected chi connectivity index (χ4v) is 3.83. The van der Waals surface area contributed by atoms with Crippen molar-refractivity contribution in [2.24, 2.45) is 23.7 Å². The molecule has 88 valence electrons. The Kier molecular flexibility index (Phi) is 4.11. The first-order valence-electron chi connectivity index (χ1n) is 7.29. The fraction of sp³-hybridized carbons (Fsp3) is 1.00. The van der Waals surface area contributed by atoms with E-state index in [0.717, 1.165) is 23.7 Å². The summed E-state index contributed by atoms with van der Waals surface area (Å²) in [6, 6.07) is 0. The molecule has 2 aliphatic carbocycles. The van der Waals surface area contributed by atoms with Crippen molar-refractivity contribution in [2.75, 3.05) is 0 Å². The van der Waals surface area contributed by atoms with Gasteiger partial charge >= 0.3 is 0 Å². The van der Waals surface area contributed by atoms with Gasteiger partial charge in [-0.1, -0.05) is 46.0 Å². The molecule has 0 atom stereocenters. The number of rotatable bonds is 2. The molecule has 0 aliphatic heterocycles. The van der Waals surface area contributed by atoms with Gasteiger partial charge in [0.05, 0.1) is 0 Å². The zero-order chi connectivity index (χ0) is 10.7. The zero-order valence-electron chi connectivity index (χ0n) is 10.7. The lowest BCUT2D eigenvalue weighted by Crippen LogP contribution is -2.25. The van der Waals surface area contributed by atoms with Crippen molar-refractivity contribution in [2.45, 2.75) is 71.6 Å². The van der Waals surface area contributed by atoms with Crippen LogP contribution in [-0.4, -0.2) is 0 Å². The molecule has 0 spiro atoms. The third kappa shape index (κ3) is 2.98. The minimum absolute atomic E-state index is 1.02. The van der Waals surface area contributed by atoms with Gasteiger partial charge in [-0.3, -0.25) is 0 Å². The topological polar surface area (TPSA) is 0 Å². The summed E-state index contributed by atoms with van der Waals surface area (Å²) >= 11 is 0. The molecule has 0 amide bonds. The minimum atomic E-state index is 1.02. The predicted octanol–water partition coefficient (Wildman–Crippen LogP) is 5.03. The summed E-state index contributed by atoms with van der Waals surface area (Å²) < 4.78 is 0. The maximum absolute atomic E-state index is 2.43. The molecule has 0 unspecified atom stereocenters. The molecule has 0 heterocycles.